The minimum Gasteiger partial charge on any atom is -0.397 e. The van der Waals surface area contributed by atoms with Gasteiger partial charge in [-0.2, -0.15) is 5.26 Å². The molecule has 2 heterocycles. The molecule has 19 heavy (non-hydrogen) atoms. The van der Waals surface area contributed by atoms with E-state index < -0.39 is 10.0 Å². The summed E-state index contributed by atoms with van der Waals surface area (Å²) in [6.45, 7) is 1.70. The normalized spacial score (nSPS) is 10.9. The first kappa shape index (κ1) is 13.3. The van der Waals surface area contributed by atoms with Crippen molar-refractivity contribution in [2.75, 3.05) is 10.5 Å². The second-order valence-corrected chi connectivity index (χ2v) is 6.76. The number of nitrogens with one attached hydrogen (secondary N) is 1. The van der Waals surface area contributed by atoms with Gasteiger partial charge in [0.1, 0.15) is 21.0 Å². The van der Waals surface area contributed by atoms with E-state index in [0.717, 1.165) is 11.3 Å². The molecule has 0 atom stereocenters. The molecule has 2 aromatic heterocycles. The number of nitriles is 1. The van der Waals surface area contributed by atoms with Gasteiger partial charge in [-0.15, -0.1) is 11.3 Å². The Hall–Kier alpha value is -2.11. The summed E-state index contributed by atoms with van der Waals surface area (Å²) < 4.78 is 26.6. The highest BCUT2D eigenvalue weighted by molar-refractivity contribution is 7.94. The van der Waals surface area contributed by atoms with Crippen molar-refractivity contribution in [3.05, 3.63) is 34.8 Å². The predicted molar refractivity (Wildman–Crippen MR) is 73.2 cm³/mol. The van der Waals surface area contributed by atoms with Crippen LogP contribution in [0.15, 0.2) is 28.6 Å². The standard InChI is InChI=1S/C11H10N4O2S2/c1-7-4-8(13)6-14-11(7)15-19(16,17)10-3-2-9(5-12)18-10/h2-4,6H,13H2,1H3,(H,14,15). The van der Waals surface area contributed by atoms with E-state index in [2.05, 4.69) is 9.71 Å². The Kier molecular flexibility index (Phi) is 3.42. The Morgan fingerprint density at radius 1 is 1.47 bits per heavy atom. The average molecular weight is 294 g/mol. The van der Waals surface area contributed by atoms with Crippen molar-refractivity contribution >= 4 is 32.9 Å². The molecule has 0 unspecified atom stereocenters. The highest BCUT2D eigenvalue weighted by Crippen LogP contribution is 2.24. The van der Waals surface area contributed by atoms with Crippen LogP contribution in [0.4, 0.5) is 11.5 Å². The van der Waals surface area contributed by atoms with E-state index >= 15 is 0 Å². The highest BCUT2D eigenvalue weighted by atomic mass is 32.2. The Balaban J connectivity index is 2.34. The SMILES string of the molecule is Cc1cc(N)cnc1NS(=O)(=O)c1ccc(C#N)s1. The van der Waals surface area contributed by atoms with Crippen molar-refractivity contribution in [3.8, 4) is 6.07 Å². The average Bonchev–Trinajstić information content (AvgIpc) is 2.82. The first-order chi connectivity index (χ1) is 8.92. The molecule has 0 saturated carbocycles. The number of aromatic nitrogens is 1. The van der Waals surface area contributed by atoms with E-state index in [4.69, 9.17) is 11.0 Å². The predicted octanol–water partition coefficient (Wildman–Crippen LogP) is 1.71. The number of nitrogens with zero attached hydrogens (tertiary/aromatic N) is 2. The molecular weight excluding hydrogens is 284 g/mol. The second kappa shape index (κ2) is 4.87. The molecule has 0 aliphatic heterocycles. The Morgan fingerprint density at radius 2 is 2.21 bits per heavy atom. The van der Waals surface area contributed by atoms with Crippen LogP contribution in [0, 0.1) is 18.3 Å². The topological polar surface area (TPSA) is 109 Å². The lowest BCUT2D eigenvalue weighted by Gasteiger charge is -2.08. The van der Waals surface area contributed by atoms with E-state index in [9.17, 15) is 8.42 Å². The summed E-state index contributed by atoms with van der Waals surface area (Å²) in [5.41, 5.74) is 6.64. The summed E-state index contributed by atoms with van der Waals surface area (Å²) in [4.78, 5) is 4.28. The lowest BCUT2D eigenvalue weighted by Crippen LogP contribution is -2.13. The summed E-state index contributed by atoms with van der Waals surface area (Å²) in [6, 6.07) is 6.37. The molecule has 98 valence electrons. The third-order valence-corrected chi connectivity index (χ3v) is 5.11. The molecule has 2 aromatic rings. The molecule has 6 nitrogen and oxygen atoms in total. The maximum atomic E-state index is 12.1. The number of nitrogen functional groups attached to an aromatic ring is 1. The van der Waals surface area contributed by atoms with Crippen LogP contribution in [-0.2, 0) is 10.0 Å². The van der Waals surface area contributed by atoms with Crippen molar-refractivity contribution < 1.29 is 8.42 Å². The minimum absolute atomic E-state index is 0.0714. The molecule has 0 radical (unpaired) electrons. The zero-order valence-corrected chi connectivity index (χ0v) is 11.5. The first-order valence-corrected chi connectivity index (χ1v) is 7.47. The molecule has 0 aliphatic rings. The maximum Gasteiger partial charge on any atom is 0.272 e. The number of pyridine rings is 1. The molecule has 2 rings (SSSR count). The van der Waals surface area contributed by atoms with Crippen LogP contribution in [0.2, 0.25) is 0 Å². The van der Waals surface area contributed by atoms with Crippen LogP contribution in [-0.4, -0.2) is 13.4 Å². The summed E-state index contributed by atoms with van der Waals surface area (Å²) >= 11 is 0.904. The zero-order valence-electron chi connectivity index (χ0n) is 9.91. The van der Waals surface area contributed by atoms with Crippen LogP contribution in [0.3, 0.4) is 0 Å². The van der Waals surface area contributed by atoms with Gasteiger partial charge >= 0.3 is 0 Å². The third-order valence-electron chi connectivity index (χ3n) is 2.29. The van der Waals surface area contributed by atoms with E-state index in [1.165, 1.54) is 18.3 Å². The van der Waals surface area contributed by atoms with Crippen molar-refractivity contribution in [1.29, 1.82) is 5.26 Å². The van der Waals surface area contributed by atoms with Gasteiger partial charge in [0.2, 0.25) is 0 Å². The van der Waals surface area contributed by atoms with Crippen LogP contribution in [0.5, 0.6) is 0 Å². The minimum atomic E-state index is -3.72. The maximum absolute atomic E-state index is 12.1. The van der Waals surface area contributed by atoms with Gasteiger partial charge < -0.3 is 5.73 Å². The van der Waals surface area contributed by atoms with Crippen LogP contribution >= 0.6 is 11.3 Å². The Labute approximate surface area is 114 Å². The van der Waals surface area contributed by atoms with Gasteiger partial charge in [-0.05, 0) is 30.7 Å². The molecule has 0 aromatic carbocycles. The lowest BCUT2D eigenvalue weighted by molar-refractivity contribution is 0.603. The number of hydrogen-bond acceptors (Lipinski definition) is 6. The molecular formula is C11H10N4O2S2. The number of sulfonamides is 1. The largest absolute Gasteiger partial charge is 0.397 e. The van der Waals surface area contributed by atoms with Crippen LogP contribution < -0.4 is 10.5 Å². The van der Waals surface area contributed by atoms with Crippen LogP contribution in [0.25, 0.3) is 0 Å². The smallest absolute Gasteiger partial charge is 0.272 e. The summed E-state index contributed by atoms with van der Waals surface area (Å²) in [5.74, 6) is 0.223. The van der Waals surface area contributed by atoms with Crippen molar-refractivity contribution in [2.45, 2.75) is 11.1 Å². The number of rotatable bonds is 3. The summed E-state index contributed by atoms with van der Waals surface area (Å²) in [7, 11) is -3.72. The third kappa shape index (κ3) is 2.83. The van der Waals surface area contributed by atoms with Gasteiger partial charge in [-0.25, -0.2) is 13.4 Å². The first-order valence-electron chi connectivity index (χ1n) is 5.17. The van der Waals surface area contributed by atoms with Gasteiger partial charge in [0.15, 0.2) is 0 Å². The van der Waals surface area contributed by atoms with Gasteiger partial charge in [-0.3, -0.25) is 4.72 Å². The fraction of sp³-hybridized carbons (Fsp3) is 0.0909. The van der Waals surface area contributed by atoms with E-state index in [1.54, 1.807) is 13.0 Å². The molecule has 3 N–H and O–H groups in total. The van der Waals surface area contributed by atoms with Gasteiger partial charge in [-0.1, -0.05) is 0 Å². The Morgan fingerprint density at radius 3 is 2.79 bits per heavy atom. The number of anilines is 2. The molecule has 0 bridgehead atoms. The fourth-order valence-electron chi connectivity index (χ4n) is 1.41. The van der Waals surface area contributed by atoms with E-state index in [-0.39, 0.29) is 10.0 Å². The number of nitrogens with two attached hydrogens (primary N) is 1. The Bertz CT molecular complexity index is 759. The van der Waals surface area contributed by atoms with Crippen molar-refractivity contribution in [1.82, 2.24) is 4.98 Å². The van der Waals surface area contributed by atoms with Gasteiger partial charge in [0, 0.05) is 0 Å². The molecule has 0 saturated heterocycles. The monoisotopic (exact) mass is 294 g/mol. The molecule has 0 aliphatic carbocycles. The zero-order chi connectivity index (χ0) is 14.0. The fourth-order valence-corrected chi connectivity index (χ4v) is 3.59. The highest BCUT2D eigenvalue weighted by Gasteiger charge is 2.18. The van der Waals surface area contributed by atoms with Gasteiger partial charge in [0.05, 0.1) is 11.9 Å². The van der Waals surface area contributed by atoms with E-state index in [0.29, 0.717) is 16.1 Å². The number of thiophene rings is 1. The number of hydrogen-bond donors (Lipinski definition) is 2. The lowest BCUT2D eigenvalue weighted by atomic mass is 10.3. The quantitative estimate of drug-likeness (QED) is 0.895. The second-order valence-electron chi connectivity index (χ2n) is 3.77. The number of aryl methyl sites for hydroxylation is 1. The van der Waals surface area contributed by atoms with Crippen molar-refractivity contribution in [2.24, 2.45) is 0 Å². The van der Waals surface area contributed by atoms with Crippen molar-refractivity contribution in [3.63, 3.8) is 0 Å². The van der Waals surface area contributed by atoms with E-state index in [1.807, 2.05) is 6.07 Å². The summed E-state index contributed by atoms with van der Waals surface area (Å²) in [5, 5.41) is 8.70. The molecule has 0 amide bonds. The molecule has 8 heteroatoms. The molecule has 0 fully saturated rings. The summed E-state index contributed by atoms with van der Waals surface area (Å²) in [6.07, 6.45) is 1.37. The molecule has 0 spiro atoms. The van der Waals surface area contributed by atoms with Crippen LogP contribution in [0.1, 0.15) is 10.4 Å². The van der Waals surface area contributed by atoms with Gasteiger partial charge in [0.25, 0.3) is 10.0 Å².